The molecule has 114 valence electrons. The zero-order chi connectivity index (χ0) is 14.8. The highest BCUT2D eigenvalue weighted by Crippen LogP contribution is 2.36. The lowest BCUT2D eigenvalue weighted by molar-refractivity contribution is 0.133. The summed E-state index contributed by atoms with van der Waals surface area (Å²) in [5.41, 5.74) is 0.991. The summed E-state index contributed by atoms with van der Waals surface area (Å²) >= 11 is 0. The van der Waals surface area contributed by atoms with Crippen molar-refractivity contribution in [1.82, 2.24) is 5.32 Å². The lowest BCUT2D eigenvalue weighted by Crippen LogP contribution is -2.19. The van der Waals surface area contributed by atoms with E-state index in [2.05, 4.69) is 12.2 Å². The van der Waals surface area contributed by atoms with Crippen molar-refractivity contribution in [3.8, 4) is 17.2 Å². The molecule has 0 radical (unpaired) electrons. The van der Waals surface area contributed by atoms with Gasteiger partial charge in [0.05, 0.1) is 20.8 Å². The van der Waals surface area contributed by atoms with Crippen molar-refractivity contribution in [3.63, 3.8) is 0 Å². The van der Waals surface area contributed by atoms with Crippen molar-refractivity contribution >= 4 is 0 Å². The van der Waals surface area contributed by atoms with Gasteiger partial charge in [-0.3, -0.25) is 0 Å². The second kappa shape index (κ2) is 9.44. The quantitative estimate of drug-likeness (QED) is 0.645. The summed E-state index contributed by atoms with van der Waals surface area (Å²) in [6.45, 7) is 5.12. The van der Waals surface area contributed by atoms with Crippen LogP contribution in [0.25, 0.3) is 0 Å². The van der Waals surface area contributed by atoms with Crippen LogP contribution in [-0.4, -0.2) is 39.1 Å². The van der Waals surface area contributed by atoms with Crippen molar-refractivity contribution in [1.29, 1.82) is 0 Å². The number of phenolic OH excluding ortho intramolecular Hbond substituents is 1. The molecule has 0 bridgehead atoms. The van der Waals surface area contributed by atoms with Crippen LogP contribution in [0.4, 0.5) is 0 Å². The largest absolute Gasteiger partial charge is 0.502 e. The Morgan fingerprint density at radius 2 is 1.75 bits per heavy atom. The van der Waals surface area contributed by atoms with E-state index in [1.807, 2.05) is 0 Å². The Hall–Kier alpha value is -1.46. The Balaban J connectivity index is 2.40. The third kappa shape index (κ3) is 5.27. The number of rotatable bonds is 10. The zero-order valence-electron chi connectivity index (χ0n) is 12.6. The van der Waals surface area contributed by atoms with Gasteiger partial charge in [-0.25, -0.2) is 0 Å². The summed E-state index contributed by atoms with van der Waals surface area (Å²) in [5, 5.41) is 13.1. The van der Waals surface area contributed by atoms with Crippen LogP contribution in [-0.2, 0) is 11.3 Å². The summed E-state index contributed by atoms with van der Waals surface area (Å²) in [5.74, 6) is 0.863. The average Bonchev–Trinajstić information content (AvgIpc) is 2.47. The van der Waals surface area contributed by atoms with Gasteiger partial charge >= 0.3 is 0 Å². The first-order valence-electron chi connectivity index (χ1n) is 6.95. The van der Waals surface area contributed by atoms with E-state index in [-0.39, 0.29) is 5.75 Å². The fourth-order valence-corrected chi connectivity index (χ4v) is 1.78. The number of aromatic hydroxyl groups is 1. The van der Waals surface area contributed by atoms with Crippen molar-refractivity contribution in [2.75, 3.05) is 34.0 Å². The molecule has 0 amide bonds. The average molecular weight is 283 g/mol. The molecule has 0 aliphatic carbocycles. The van der Waals surface area contributed by atoms with E-state index in [0.717, 1.165) is 31.6 Å². The second-order valence-corrected chi connectivity index (χ2v) is 4.49. The maximum atomic E-state index is 9.81. The molecule has 0 saturated carbocycles. The van der Waals surface area contributed by atoms with Gasteiger partial charge in [-0.05, 0) is 24.1 Å². The molecule has 0 unspecified atom stereocenters. The maximum absolute atomic E-state index is 9.81. The van der Waals surface area contributed by atoms with Crippen LogP contribution < -0.4 is 14.8 Å². The monoisotopic (exact) mass is 283 g/mol. The third-order valence-electron chi connectivity index (χ3n) is 2.93. The molecule has 5 nitrogen and oxygen atoms in total. The normalized spacial score (nSPS) is 10.6. The van der Waals surface area contributed by atoms with Crippen LogP contribution in [0.5, 0.6) is 17.2 Å². The number of nitrogens with one attached hydrogen (secondary N) is 1. The van der Waals surface area contributed by atoms with Gasteiger partial charge < -0.3 is 24.6 Å². The number of benzene rings is 1. The van der Waals surface area contributed by atoms with E-state index in [1.165, 1.54) is 14.2 Å². The molecule has 0 aliphatic rings. The van der Waals surface area contributed by atoms with E-state index in [0.29, 0.717) is 24.7 Å². The second-order valence-electron chi connectivity index (χ2n) is 4.49. The van der Waals surface area contributed by atoms with Gasteiger partial charge in [0.1, 0.15) is 0 Å². The fourth-order valence-electron chi connectivity index (χ4n) is 1.78. The van der Waals surface area contributed by atoms with Crippen molar-refractivity contribution < 1.29 is 19.3 Å². The molecule has 1 rings (SSSR count). The van der Waals surface area contributed by atoms with Crippen LogP contribution in [0.15, 0.2) is 12.1 Å². The van der Waals surface area contributed by atoms with E-state index in [9.17, 15) is 5.11 Å². The van der Waals surface area contributed by atoms with E-state index >= 15 is 0 Å². The molecular formula is C15H25NO4. The SMILES string of the molecule is CCCCOCCNCc1cc(OC)c(O)c(OC)c1. The number of ether oxygens (including phenoxy) is 3. The van der Waals surface area contributed by atoms with Crippen LogP contribution in [0.1, 0.15) is 25.3 Å². The fraction of sp³-hybridized carbons (Fsp3) is 0.600. The molecule has 2 N–H and O–H groups in total. The van der Waals surface area contributed by atoms with Crippen molar-refractivity contribution in [2.24, 2.45) is 0 Å². The topological polar surface area (TPSA) is 60.0 Å². The molecule has 0 heterocycles. The Bertz CT molecular complexity index is 370. The molecule has 5 heteroatoms. The van der Waals surface area contributed by atoms with Crippen LogP contribution in [0.3, 0.4) is 0 Å². The smallest absolute Gasteiger partial charge is 0.200 e. The molecular weight excluding hydrogens is 258 g/mol. The molecule has 0 fully saturated rings. The lowest BCUT2D eigenvalue weighted by Gasteiger charge is -2.12. The first-order chi connectivity index (χ1) is 9.72. The molecule has 1 aromatic carbocycles. The summed E-state index contributed by atoms with van der Waals surface area (Å²) in [4.78, 5) is 0. The molecule has 0 saturated heterocycles. The Kier molecular flexibility index (Phi) is 7.84. The Morgan fingerprint density at radius 3 is 2.30 bits per heavy atom. The molecule has 0 aromatic heterocycles. The molecule has 0 atom stereocenters. The van der Waals surface area contributed by atoms with Crippen LogP contribution in [0, 0.1) is 0 Å². The van der Waals surface area contributed by atoms with E-state index < -0.39 is 0 Å². The van der Waals surface area contributed by atoms with Gasteiger partial charge in [-0.15, -0.1) is 0 Å². The number of hydrogen-bond donors (Lipinski definition) is 2. The molecule has 0 aliphatic heterocycles. The van der Waals surface area contributed by atoms with Gasteiger partial charge in [0.15, 0.2) is 11.5 Å². The third-order valence-corrected chi connectivity index (χ3v) is 2.93. The van der Waals surface area contributed by atoms with Crippen LogP contribution >= 0.6 is 0 Å². The number of methoxy groups -OCH3 is 2. The highest BCUT2D eigenvalue weighted by atomic mass is 16.5. The first kappa shape index (κ1) is 16.6. The van der Waals surface area contributed by atoms with E-state index in [4.69, 9.17) is 14.2 Å². The predicted octanol–water partition coefficient (Wildman–Crippen LogP) is 2.32. The minimum absolute atomic E-state index is 0.0293. The van der Waals surface area contributed by atoms with Gasteiger partial charge in [0, 0.05) is 19.7 Å². The van der Waals surface area contributed by atoms with Crippen molar-refractivity contribution in [2.45, 2.75) is 26.3 Å². The predicted molar refractivity (Wildman–Crippen MR) is 78.6 cm³/mol. The lowest BCUT2D eigenvalue weighted by atomic mass is 10.2. The highest BCUT2D eigenvalue weighted by molar-refractivity contribution is 5.52. The number of unbranched alkanes of at least 4 members (excludes halogenated alkanes) is 1. The Morgan fingerprint density at radius 1 is 1.10 bits per heavy atom. The van der Waals surface area contributed by atoms with Gasteiger partial charge in [-0.2, -0.15) is 0 Å². The zero-order valence-corrected chi connectivity index (χ0v) is 12.6. The molecule has 20 heavy (non-hydrogen) atoms. The number of phenols is 1. The Labute approximate surface area is 120 Å². The summed E-state index contributed by atoms with van der Waals surface area (Å²) in [6, 6.07) is 3.59. The van der Waals surface area contributed by atoms with Crippen LogP contribution in [0.2, 0.25) is 0 Å². The van der Waals surface area contributed by atoms with Crippen molar-refractivity contribution in [3.05, 3.63) is 17.7 Å². The highest BCUT2D eigenvalue weighted by Gasteiger charge is 2.10. The summed E-state index contributed by atoms with van der Waals surface area (Å²) in [6.07, 6.45) is 2.26. The summed E-state index contributed by atoms with van der Waals surface area (Å²) < 4.78 is 15.7. The minimum Gasteiger partial charge on any atom is -0.502 e. The van der Waals surface area contributed by atoms with Gasteiger partial charge in [0.25, 0.3) is 0 Å². The minimum atomic E-state index is 0.0293. The molecule has 0 spiro atoms. The van der Waals surface area contributed by atoms with E-state index in [1.54, 1.807) is 12.1 Å². The maximum Gasteiger partial charge on any atom is 0.200 e. The number of hydrogen-bond acceptors (Lipinski definition) is 5. The first-order valence-corrected chi connectivity index (χ1v) is 6.95. The van der Waals surface area contributed by atoms with Gasteiger partial charge in [-0.1, -0.05) is 13.3 Å². The van der Waals surface area contributed by atoms with Gasteiger partial charge in [0.2, 0.25) is 5.75 Å². The summed E-state index contributed by atoms with van der Waals surface area (Å²) in [7, 11) is 3.04. The standard InChI is InChI=1S/C15H25NO4/c1-4-5-7-20-8-6-16-11-12-9-13(18-2)15(17)14(10-12)19-3/h9-10,16-17H,4-8,11H2,1-3H3. The molecule has 1 aromatic rings.